The number of aryl methyl sites for hydroxylation is 1. The van der Waals surface area contributed by atoms with Crippen LogP contribution in [0.15, 0.2) is 67.3 Å². The van der Waals surface area contributed by atoms with E-state index in [1.807, 2.05) is 55.5 Å². The number of pyridine rings is 1. The maximum absolute atomic E-state index is 11.1. The Morgan fingerprint density at radius 2 is 2.06 bits per heavy atom. The molecule has 0 spiro atoms. The van der Waals surface area contributed by atoms with Gasteiger partial charge in [-0.3, -0.25) is 9.78 Å². The number of nitrogens with zero attached hydrogens (tertiary/aromatic N) is 3. The molecule has 4 aromatic rings. The fourth-order valence-corrected chi connectivity index (χ4v) is 3.23. The summed E-state index contributed by atoms with van der Waals surface area (Å²) in [7, 11) is 0. The average Bonchev–Trinajstić information content (AvgIpc) is 2.86. The molecular formula is C26H23N5O3. The SMILES string of the molecule is Cc1cc(Nc2ncnc3ccc(C#CCCNC(=O)CO)cc23)ccc1Oc1cccnc1. The van der Waals surface area contributed by atoms with Gasteiger partial charge in [-0.1, -0.05) is 11.8 Å². The highest BCUT2D eigenvalue weighted by atomic mass is 16.5. The van der Waals surface area contributed by atoms with Crippen LogP contribution in [0.4, 0.5) is 11.5 Å². The molecule has 2 heterocycles. The molecule has 0 aliphatic heterocycles. The third-order valence-electron chi connectivity index (χ3n) is 4.88. The van der Waals surface area contributed by atoms with E-state index in [2.05, 4.69) is 37.4 Å². The van der Waals surface area contributed by atoms with Gasteiger partial charge in [0, 0.05) is 35.8 Å². The average molecular weight is 454 g/mol. The van der Waals surface area contributed by atoms with E-state index in [1.165, 1.54) is 6.33 Å². The van der Waals surface area contributed by atoms with Crippen molar-refractivity contribution in [1.82, 2.24) is 20.3 Å². The lowest BCUT2D eigenvalue weighted by Gasteiger charge is -2.12. The van der Waals surface area contributed by atoms with Gasteiger partial charge >= 0.3 is 0 Å². The van der Waals surface area contributed by atoms with Crippen molar-refractivity contribution in [2.75, 3.05) is 18.5 Å². The molecule has 8 nitrogen and oxygen atoms in total. The van der Waals surface area contributed by atoms with Crippen LogP contribution >= 0.6 is 0 Å². The highest BCUT2D eigenvalue weighted by Gasteiger charge is 2.08. The first-order valence-corrected chi connectivity index (χ1v) is 10.7. The number of anilines is 2. The van der Waals surface area contributed by atoms with Crippen LogP contribution in [0.3, 0.4) is 0 Å². The Kier molecular flexibility index (Phi) is 7.28. The number of carbonyl (C=O) groups is 1. The number of hydrogen-bond acceptors (Lipinski definition) is 7. The number of amides is 1. The normalized spacial score (nSPS) is 10.3. The summed E-state index contributed by atoms with van der Waals surface area (Å²) in [6.45, 7) is 1.84. The molecule has 3 N–H and O–H groups in total. The smallest absolute Gasteiger partial charge is 0.245 e. The van der Waals surface area contributed by atoms with Crippen LogP contribution in [0.1, 0.15) is 17.5 Å². The van der Waals surface area contributed by atoms with Crippen molar-refractivity contribution in [1.29, 1.82) is 0 Å². The van der Waals surface area contributed by atoms with E-state index in [0.717, 1.165) is 33.5 Å². The summed E-state index contributed by atoms with van der Waals surface area (Å²) in [5.74, 6) is 7.80. The van der Waals surface area contributed by atoms with Gasteiger partial charge in [0.2, 0.25) is 5.91 Å². The second kappa shape index (κ2) is 10.9. The Balaban J connectivity index is 1.50. The molecule has 8 heteroatoms. The summed E-state index contributed by atoms with van der Waals surface area (Å²) in [5, 5.41) is 15.5. The minimum absolute atomic E-state index is 0.385. The second-order valence-electron chi connectivity index (χ2n) is 7.41. The molecular weight excluding hydrogens is 430 g/mol. The zero-order chi connectivity index (χ0) is 23.8. The maximum Gasteiger partial charge on any atom is 0.245 e. The van der Waals surface area contributed by atoms with Crippen molar-refractivity contribution >= 4 is 28.3 Å². The predicted octanol–water partition coefficient (Wildman–Crippen LogP) is 3.72. The Bertz CT molecular complexity index is 1360. The molecule has 1 amide bonds. The fourth-order valence-electron chi connectivity index (χ4n) is 3.23. The molecule has 0 aliphatic rings. The van der Waals surface area contributed by atoms with Gasteiger partial charge in [0.15, 0.2) is 0 Å². The second-order valence-corrected chi connectivity index (χ2v) is 7.41. The number of nitrogens with one attached hydrogen (secondary N) is 2. The van der Waals surface area contributed by atoms with Gasteiger partial charge in [0.1, 0.15) is 30.3 Å². The lowest BCUT2D eigenvalue weighted by Crippen LogP contribution is -2.26. The van der Waals surface area contributed by atoms with E-state index in [9.17, 15) is 4.79 Å². The van der Waals surface area contributed by atoms with Gasteiger partial charge in [-0.15, -0.1) is 0 Å². The Hall–Kier alpha value is -4.48. The van der Waals surface area contributed by atoms with E-state index >= 15 is 0 Å². The van der Waals surface area contributed by atoms with Gasteiger partial charge in [0.25, 0.3) is 0 Å². The highest BCUT2D eigenvalue weighted by Crippen LogP contribution is 2.29. The van der Waals surface area contributed by atoms with Crippen molar-refractivity contribution in [3.8, 4) is 23.3 Å². The number of fused-ring (bicyclic) bond motifs is 1. The molecule has 0 aliphatic carbocycles. The largest absolute Gasteiger partial charge is 0.455 e. The van der Waals surface area contributed by atoms with Crippen LogP contribution in [0, 0.1) is 18.8 Å². The van der Waals surface area contributed by atoms with E-state index in [1.54, 1.807) is 12.4 Å². The van der Waals surface area contributed by atoms with Crippen LogP contribution in [0.2, 0.25) is 0 Å². The van der Waals surface area contributed by atoms with Crippen molar-refractivity contribution in [2.24, 2.45) is 0 Å². The molecule has 0 fully saturated rings. The monoisotopic (exact) mass is 453 g/mol. The number of rotatable bonds is 7. The molecule has 34 heavy (non-hydrogen) atoms. The van der Waals surface area contributed by atoms with Gasteiger partial charge < -0.3 is 20.5 Å². The van der Waals surface area contributed by atoms with Crippen molar-refractivity contribution in [3.05, 3.63) is 78.4 Å². The summed E-state index contributed by atoms with van der Waals surface area (Å²) in [4.78, 5) is 23.9. The number of aliphatic hydroxyl groups is 1. The van der Waals surface area contributed by atoms with Crippen LogP contribution < -0.4 is 15.4 Å². The first-order valence-electron chi connectivity index (χ1n) is 10.7. The van der Waals surface area contributed by atoms with E-state index in [0.29, 0.717) is 24.5 Å². The zero-order valence-electron chi connectivity index (χ0n) is 18.6. The molecule has 0 bridgehead atoms. The molecule has 170 valence electrons. The summed E-state index contributed by atoms with van der Waals surface area (Å²) < 4.78 is 5.91. The number of aromatic nitrogens is 3. The van der Waals surface area contributed by atoms with Crippen LogP contribution in [0.5, 0.6) is 11.5 Å². The number of carbonyl (C=O) groups excluding carboxylic acids is 1. The molecule has 4 rings (SSSR count). The van der Waals surface area contributed by atoms with Gasteiger partial charge in [-0.05, 0) is 61.0 Å². The number of benzene rings is 2. The maximum atomic E-state index is 11.1. The first-order chi connectivity index (χ1) is 16.6. The standard InChI is InChI=1S/C26H23N5O3/c1-18-13-20(8-10-24(18)34-21-6-4-11-27-15-21)31-26-22-14-19(7-9-23(22)29-17-30-26)5-2-3-12-28-25(33)16-32/h4,6-11,13-15,17,32H,3,12,16H2,1H3,(H,28,33)(H,29,30,31). The van der Waals surface area contributed by atoms with E-state index in [4.69, 9.17) is 9.84 Å². The van der Waals surface area contributed by atoms with Gasteiger partial charge in [-0.25, -0.2) is 9.97 Å². The Morgan fingerprint density at radius 1 is 1.15 bits per heavy atom. The summed E-state index contributed by atoms with van der Waals surface area (Å²) in [5.41, 5.74) is 3.45. The summed E-state index contributed by atoms with van der Waals surface area (Å²) >= 11 is 0. The topological polar surface area (TPSA) is 109 Å². The molecule has 0 atom stereocenters. The zero-order valence-corrected chi connectivity index (χ0v) is 18.6. The number of aliphatic hydroxyl groups excluding tert-OH is 1. The van der Waals surface area contributed by atoms with Crippen LogP contribution in [-0.2, 0) is 4.79 Å². The first kappa shape index (κ1) is 22.7. The van der Waals surface area contributed by atoms with Crippen LogP contribution in [-0.4, -0.2) is 39.1 Å². The van der Waals surface area contributed by atoms with Crippen molar-refractivity contribution in [3.63, 3.8) is 0 Å². The van der Waals surface area contributed by atoms with Crippen molar-refractivity contribution < 1.29 is 14.6 Å². The lowest BCUT2D eigenvalue weighted by atomic mass is 10.1. The third-order valence-corrected chi connectivity index (χ3v) is 4.88. The highest BCUT2D eigenvalue weighted by molar-refractivity contribution is 5.91. The van der Waals surface area contributed by atoms with Gasteiger partial charge in [-0.2, -0.15) is 0 Å². The molecule has 0 saturated carbocycles. The van der Waals surface area contributed by atoms with E-state index in [-0.39, 0.29) is 0 Å². The Morgan fingerprint density at radius 3 is 2.85 bits per heavy atom. The molecule has 2 aromatic heterocycles. The van der Waals surface area contributed by atoms with E-state index < -0.39 is 12.5 Å². The summed E-state index contributed by atoms with van der Waals surface area (Å²) in [6.07, 6.45) is 5.37. The molecule has 0 saturated heterocycles. The fraction of sp³-hybridized carbons (Fsp3) is 0.154. The lowest BCUT2D eigenvalue weighted by molar-refractivity contribution is -0.123. The Labute approximate surface area is 197 Å². The van der Waals surface area contributed by atoms with Crippen molar-refractivity contribution in [2.45, 2.75) is 13.3 Å². The third kappa shape index (κ3) is 5.85. The quantitative estimate of drug-likeness (QED) is 0.289. The van der Waals surface area contributed by atoms with Gasteiger partial charge in [0.05, 0.1) is 11.7 Å². The minimum Gasteiger partial charge on any atom is -0.455 e. The number of hydrogen-bond donors (Lipinski definition) is 3. The minimum atomic E-state index is -0.520. The number of ether oxygens (including phenoxy) is 1. The molecule has 0 radical (unpaired) electrons. The van der Waals surface area contributed by atoms with Crippen LogP contribution in [0.25, 0.3) is 10.9 Å². The summed E-state index contributed by atoms with van der Waals surface area (Å²) in [6, 6.07) is 15.2. The predicted molar refractivity (Wildman–Crippen MR) is 130 cm³/mol. The molecule has 2 aromatic carbocycles. The molecule has 0 unspecified atom stereocenters.